The van der Waals surface area contributed by atoms with Crippen molar-refractivity contribution in [1.82, 2.24) is 4.57 Å². The molecule has 3 nitrogen and oxygen atoms in total. The second kappa shape index (κ2) is 2.88. The molecule has 0 aliphatic carbocycles. The highest BCUT2D eigenvalue weighted by Crippen LogP contribution is 2.30. The van der Waals surface area contributed by atoms with Crippen molar-refractivity contribution in [2.24, 2.45) is 7.05 Å². The number of aryl methyl sites for hydroxylation is 1. The van der Waals surface area contributed by atoms with Crippen LogP contribution in [0.15, 0.2) is 27.4 Å². The molecule has 0 aliphatic heterocycles. The molecule has 0 N–H and O–H groups in total. The minimum Gasteiger partial charge on any atom is -0.408 e. The van der Waals surface area contributed by atoms with E-state index in [9.17, 15) is 18.0 Å². The van der Waals surface area contributed by atoms with Gasteiger partial charge in [0, 0.05) is 7.05 Å². The third-order valence-corrected chi connectivity index (χ3v) is 2.12. The van der Waals surface area contributed by atoms with Crippen LogP contribution in [0.25, 0.3) is 11.1 Å². The maximum Gasteiger partial charge on any atom is 0.419 e. The van der Waals surface area contributed by atoms with Gasteiger partial charge in [-0.1, -0.05) is 0 Å². The highest BCUT2D eigenvalue weighted by atomic mass is 19.4. The second-order valence-electron chi connectivity index (χ2n) is 3.11. The highest BCUT2D eigenvalue weighted by molar-refractivity contribution is 5.73. The summed E-state index contributed by atoms with van der Waals surface area (Å²) in [5.74, 6) is -0.677. The number of hydrogen-bond donors (Lipinski definition) is 0. The lowest BCUT2D eigenvalue weighted by Gasteiger charge is -2.05. The van der Waals surface area contributed by atoms with Gasteiger partial charge >= 0.3 is 11.9 Å². The van der Waals surface area contributed by atoms with E-state index in [1.165, 1.54) is 13.1 Å². The molecule has 0 unspecified atom stereocenters. The largest absolute Gasteiger partial charge is 0.419 e. The van der Waals surface area contributed by atoms with Crippen LogP contribution < -0.4 is 5.76 Å². The zero-order valence-corrected chi connectivity index (χ0v) is 7.63. The van der Waals surface area contributed by atoms with Crippen LogP contribution in [0.3, 0.4) is 0 Å². The van der Waals surface area contributed by atoms with Gasteiger partial charge < -0.3 is 4.42 Å². The van der Waals surface area contributed by atoms with Gasteiger partial charge in [-0.05, 0) is 18.2 Å². The molecule has 1 aromatic heterocycles. The van der Waals surface area contributed by atoms with Crippen molar-refractivity contribution in [3.63, 3.8) is 0 Å². The molecule has 0 atom stereocenters. The van der Waals surface area contributed by atoms with Gasteiger partial charge in [-0.15, -0.1) is 0 Å². The van der Waals surface area contributed by atoms with Crippen LogP contribution in [0, 0.1) is 0 Å². The third-order valence-electron chi connectivity index (χ3n) is 2.12. The van der Waals surface area contributed by atoms with Gasteiger partial charge in [-0.2, -0.15) is 13.2 Å². The zero-order valence-electron chi connectivity index (χ0n) is 7.63. The second-order valence-corrected chi connectivity index (χ2v) is 3.11. The predicted molar refractivity (Wildman–Crippen MR) is 46.5 cm³/mol. The number of rotatable bonds is 0. The predicted octanol–water partition coefficient (Wildman–Crippen LogP) is 2.15. The van der Waals surface area contributed by atoms with Gasteiger partial charge in [-0.3, -0.25) is 4.57 Å². The van der Waals surface area contributed by atoms with E-state index in [0.29, 0.717) is 5.52 Å². The Bertz CT molecular complexity index is 565. The SMILES string of the molecule is Cn1c(=O)oc2cc(C(F)(F)F)ccc21. The molecule has 0 saturated heterocycles. The highest BCUT2D eigenvalue weighted by Gasteiger charge is 2.31. The van der Waals surface area contributed by atoms with Gasteiger partial charge in [-0.25, -0.2) is 4.79 Å². The number of hydrogen-bond acceptors (Lipinski definition) is 2. The number of benzene rings is 1. The molecule has 0 radical (unpaired) electrons. The minimum absolute atomic E-state index is 0.0580. The third kappa shape index (κ3) is 1.51. The average Bonchev–Trinajstić information content (AvgIpc) is 2.41. The van der Waals surface area contributed by atoms with Gasteiger partial charge in [0.1, 0.15) is 0 Å². The van der Waals surface area contributed by atoms with Gasteiger partial charge in [0.2, 0.25) is 0 Å². The van der Waals surface area contributed by atoms with Gasteiger partial charge in [0.25, 0.3) is 0 Å². The Morgan fingerprint density at radius 1 is 1.33 bits per heavy atom. The molecule has 15 heavy (non-hydrogen) atoms. The van der Waals surface area contributed by atoms with Crippen LogP contribution in [0.4, 0.5) is 13.2 Å². The van der Waals surface area contributed by atoms with E-state index in [1.54, 1.807) is 0 Å². The maximum atomic E-state index is 12.3. The van der Waals surface area contributed by atoms with Crippen LogP contribution in [0.1, 0.15) is 5.56 Å². The molecular weight excluding hydrogens is 211 g/mol. The number of aromatic nitrogens is 1. The van der Waals surface area contributed by atoms with E-state index in [0.717, 1.165) is 16.7 Å². The Labute approximate surface area is 81.7 Å². The summed E-state index contributed by atoms with van der Waals surface area (Å²) < 4.78 is 42.7. The normalized spacial score (nSPS) is 12.3. The van der Waals surface area contributed by atoms with Crippen molar-refractivity contribution in [2.45, 2.75) is 6.18 Å². The molecule has 2 rings (SSSR count). The van der Waals surface area contributed by atoms with Crippen molar-refractivity contribution >= 4 is 11.1 Å². The molecular formula is C9H6F3NO2. The maximum absolute atomic E-state index is 12.3. The van der Waals surface area contributed by atoms with E-state index in [-0.39, 0.29) is 5.58 Å². The molecule has 0 bridgehead atoms. The van der Waals surface area contributed by atoms with Crippen molar-refractivity contribution in [1.29, 1.82) is 0 Å². The first kappa shape index (κ1) is 9.82. The van der Waals surface area contributed by atoms with E-state index >= 15 is 0 Å². The van der Waals surface area contributed by atoms with E-state index in [1.807, 2.05) is 0 Å². The summed E-state index contributed by atoms with van der Waals surface area (Å²) in [4.78, 5) is 11.0. The van der Waals surface area contributed by atoms with E-state index in [2.05, 4.69) is 4.42 Å². The van der Waals surface area contributed by atoms with Crippen molar-refractivity contribution in [2.75, 3.05) is 0 Å². The molecule has 0 spiro atoms. The molecule has 1 aromatic carbocycles. The van der Waals surface area contributed by atoms with Crippen LogP contribution >= 0.6 is 0 Å². The number of fused-ring (bicyclic) bond motifs is 1. The Kier molecular flexibility index (Phi) is 1.89. The molecule has 0 saturated carbocycles. The fourth-order valence-corrected chi connectivity index (χ4v) is 1.31. The van der Waals surface area contributed by atoms with Gasteiger partial charge in [0.15, 0.2) is 5.58 Å². The van der Waals surface area contributed by atoms with Crippen molar-refractivity contribution < 1.29 is 17.6 Å². The molecule has 0 fully saturated rings. The standard InChI is InChI=1S/C9H6F3NO2/c1-13-6-3-2-5(9(10,11)12)4-7(6)15-8(13)14/h2-4H,1H3. The Hall–Kier alpha value is -1.72. The van der Waals surface area contributed by atoms with E-state index < -0.39 is 17.5 Å². The smallest absolute Gasteiger partial charge is 0.408 e. The zero-order chi connectivity index (χ0) is 11.2. The molecule has 0 aliphatic rings. The average molecular weight is 217 g/mol. The van der Waals surface area contributed by atoms with Crippen molar-refractivity contribution in [3.8, 4) is 0 Å². The Balaban J connectivity index is 2.73. The van der Waals surface area contributed by atoms with Gasteiger partial charge in [0.05, 0.1) is 11.1 Å². The molecule has 1 heterocycles. The Morgan fingerprint density at radius 2 is 2.00 bits per heavy atom. The summed E-state index contributed by atoms with van der Waals surface area (Å²) in [5, 5.41) is 0. The molecule has 6 heteroatoms. The van der Waals surface area contributed by atoms with Crippen LogP contribution in [0.2, 0.25) is 0 Å². The summed E-state index contributed by atoms with van der Waals surface area (Å²) >= 11 is 0. The van der Waals surface area contributed by atoms with Crippen LogP contribution in [0.5, 0.6) is 0 Å². The molecule has 2 aromatic rings. The number of nitrogens with zero attached hydrogens (tertiary/aromatic N) is 1. The first-order valence-corrected chi connectivity index (χ1v) is 4.06. The summed E-state index contributed by atoms with van der Waals surface area (Å²) in [6, 6.07) is 2.94. The van der Waals surface area contributed by atoms with E-state index in [4.69, 9.17) is 0 Å². The lowest BCUT2D eigenvalue weighted by molar-refractivity contribution is -0.137. The topological polar surface area (TPSA) is 35.1 Å². The fraction of sp³-hybridized carbons (Fsp3) is 0.222. The quantitative estimate of drug-likeness (QED) is 0.677. The van der Waals surface area contributed by atoms with Crippen molar-refractivity contribution in [3.05, 3.63) is 34.3 Å². The molecule has 80 valence electrons. The van der Waals surface area contributed by atoms with Crippen LogP contribution in [-0.2, 0) is 13.2 Å². The monoisotopic (exact) mass is 217 g/mol. The molecule has 0 amide bonds. The first-order valence-electron chi connectivity index (χ1n) is 4.06. The number of oxazole rings is 1. The number of alkyl halides is 3. The van der Waals surface area contributed by atoms with Crippen LogP contribution in [-0.4, -0.2) is 4.57 Å². The minimum atomic E-state index is -4.43. The first-order chi connectivity index (χ1) is 6.89. The summed E-state index contributed by atoms with van der Waals surface area (Å²) in [5.41, 5.74) is -0.547. The summed E-state index contributed by atoms with van der Waals surface area (Å²) in [6.45, 7) is 0. The summed E-state index contributed by atoms with van der Waals surface area (Å²) in [7, 11) is 1.43. The summed E-state index contributed by atoms with van der Waals surface area (Å²) in [6.07, 6.45) is -4.43. The Morgan fingerprint density at radius 3 is 2.60 bits per heavy atom. The number of halogens is 3. The lowest BCUT2D eigenvalue weighted by Crippen LogP contribution is -2.08. The lowest BCUT2D eigenvalue weighted by atomic mass is 10.2. The fourth-order valence-electron chi connectivity index (χ4n) is 1.31.